The third kappa shape index (κ3) is 3.31. The van der Waals surface area contributed by atoms with Gasteiger partial charge in [0.25, 0.3) is 5.41 Å². The van der Waals surface area contributed by atoms with Crippen molar-refractivity contribution in [2.45, 2.75) is 36.0 Å². The average molecular weight is 600 g/mol. The van der Waals surface area contributed by atoms with Crippen molar-refractivity contribution >= 4 is 34.7 Å². The number of carbonyl (C=O) groups is 1. The van der Waals surface area contributed by atoms with Crippen molar-refractivity contribution in [1.82, 2.24) is 0 Å². The maximum absolute atomic E-state index is 14.0. The van der Waals surface area contributed by atoms with Gasteiger partial charge in [-0.25, -0.2) is 8.78 Å². The minimum absolute atomic E-state index is 1.66. The van der Waals surface area contributed by atoms with E-state index in [1.54, 1.807) is 0 Å². The van der Waals surface area contributed by atoms with Crippen LogP contribution in [-0.2, 0) is 11.0 Å². The lowest BCUT2D eigenvalue weighted by molar-refractivity contribution is -0.341. The smallest absolute Gasteiger partial charge is 0.422 e. The Hall–Kier alpha value is -2.11. The van der Waals surface area contributed by atoms with Crippen LogP contribution in [0.5, 0.6) is 0 Å². The molecule has 0 bridgehead atoms. The van der Waals surface area contributed by atoms with Gasteiger partial charge in [0.1, 0.15) is 5.56 Å². The van der Waals surface area contributed by atoms with Crippen LogP contribution in [-0.4, -0.2) is 35.6 Å². The van der Waals surface area contributed by atoms with Crippen LogP contribution in [0.15, 0.2) is 6.08 Å². The Kier molecular flexibility index (Phi) is 6.65. The van der Waals surface area contributed by atoms with Gasteiger partial charge in [-0.3, -0.25) is 4.79 Å². The Morgan fingerprint density at radius 2 is 1.06 bits per heavy atom. The fourth-order valence-corrected chi connectivity index (χ4v) is 3.88. The van der Waals surface area contributed by atoms with E-state index < -0.39 is 91.9 Å². The molecular formula is C16HCl2F16O2-. The van der Waals surface area contributed by atoms with E-state index in [1.165, 1.54) is 0 Å². The summed E-state index contributed by atoms with van der Waals surface area (Å²) in [6.45, 7) is 0. The summed E-state index contributed by atoms with van der Waals surface area (Å²) >= 11 is 10.0. The fourth-order valence-electron chi connectivity index (χ4n) is 3.26. The second-order valence-electron chi connectivity index (χ2n) is 6.92. The minimum atomic E-state index is -7.68. The molecule has 1 aliphatic carbocycles. The van der Waals surface area contributed by atoms with Gasteiger partial charge in [-0.15, -0.1) is 0 Å². The van der Waals surface area contributed by atoms with Crippen LogP contribution in [0, 0.1) is 17.0 Å². The third-order valence-electron chi connectivity index (χ3n) is 4.98. The zero-order chi connectivity index (χ0) is 28.8. The topological polar surface area (TPSA) is 40.1 Å². The largest absolute Gasteiger partial charge is 0.872 e. The highest BCUT2D eigenvalue weighted by molar-refractivity contribution is 6.38. The lowest BCUT2D eigenvalue weighted by atomic mass is 9.74. The summed E-state index contributed by atoms with van der Waals surface area (Å²) in [4.78, 5) is 11.9. The molecule has 20 heteroatoms. The standard InChI is InChI=1S/C16H2Cl2F16O2/c17-6-4(7(18)9(20)5(8(6)19)11(21,22)23)2(35)1-3(36)10(16(32,33)34)12(24,25)14(28,29)15(30,31)13(10,26)27/h1,35H/p-1/b2-1-. The molecule has 2 nitrogen and oxygen atoms in total. The molecule has 1 aliphatic rings. The first-order valence-corrected chi connectivity index (χ1v) is 8.89. The molecule has 36 heavy (non-hydrogen) atoms. The zero-order valence-electron chi connectivity index (χ0n) is 15.7. The second-order valence-corrected chi connectivity index (χ2v) is 7.68. The first-order valence-electron chi connectivity index (χ1n) is 8.14. The highest BCUT2D eigenvalue weighted by Gasteiger charge is 3.06. The molecule has 0 N–H and O–H groups in total. The van der Waals surface area contributed by atoms with Gasteiger partial charge in [0.2, 0.25) is 0 Å². The Balaban J connectivity index is 2.95. The minimum Gasteiger partial charge on any atom is -0.872 e. The van der Waals surface area contributed by atoms with Gasteiger partial charge in [0, 0.05) is 5.56 Å². The van der Waals surface area contributed by atoms with Crippen molar-refractivity contribution in [2.24, 2.45) is 5.41 Å². The first kappa shape index (κ1) is 30.1. The summed E-state index contributed by atoms with van der Waals surface area (Å²) in [6.07, 6.45) is -15.3. The van der Waals surface area contributed by atoms with Crippen LogP contribution in [0.3, 0.4) is 0 Å². The summed E-state index contributed by atoms with van der Waals surface area (Å²) in [5.74, 6) is -43.5. The molecule has 0 spiro atoms. The van der Waals surface area contributed by atoms with E-state index in [1.807, 2.05) is 0 Å². The number of allylic oxidation sites excluding steroid dienone is 1. The number of hydrogen-bond donors (Lipinski definition) is 0. The van der Waals surface area contributed by atoms with Crippen molar-refractivity contribution in [2.75, 3.05) is 0 Å². The lowest BCUT2D eigenvalue weighted by Crippen LogP contribution is -2.64. The Morgan fingerprint density at radius 1 is 0.722 bits per heavy atom. The maximum atomic E-state index is 14.0. The second kappa shape index (κ2) is 7.94. The zero-order valence-corrected chi connectivity index (χ0v) is 17.2. The fraction of sp³-hybridized carbons (Fsp3) is 0.438. The highest BCUT2D eigenvalue weighted by Crippen LogP contribution is 2.75. The van der Waals surface area contributed by atoms with Crippen LogP contribution in [0.2, 0.25) is 10.0 Å². The summed E-state index contributed by atoms with van der Waals surface area (Å²) < 4.78 is 216. The molecule has 0 saturated heterocycles. The molecule has 0 atom stereocenters. The Labute approximate surface area is 196 Å². The van der Waals surface area contributed by atoms with Crippen molar-refractivity contribution in [1.29, 1.82) is 0 Å². The lowest BCUT2D eigenvalue weighted by Gasteiger charge is -2.37. The molecule has 1 fully saturated rings. The van der Waals surface area contributed by atoms with Crippen LogP contribution in [0.4, 0.5) is 70.2 Å². The Bertz CT molecular complexity index is 1090. The molecule has 1 aromatic carbocycles. The van der Waals surface area contributed by atoms with Gasteiger partial charge >= 0.3 is 36.0 Å². The van der Waals surface area contributed by atoms with Gasteiger partial charge in [0.15, 0.2) is 17.4 Å². The van der Waals surface area contributed by atoms with E-state index in [0.29, 0.717) is 0 Å². The molecule has 0 radical (unpaired) electrons. The van der Waals surface area contributed by atoms with E-state index >= 15 is 0 Å². The van der Waals surface area contributed by atoms with Crippen LogP contribution < -0.4 is 5.11 Å². The molecule has 0 aliphatic heterocycles. The summed E-state index contributed by atoms with van der Waals surface area (Å²) in [5.41, 5.74) is -12.5. The monoisotopic (exact) mass is 599 g/mol. The summed E-state index contributed by atoms with van der Waals surface area (Å²) in [5, 5.41) is 7.55. The van der Waals surface area contributed by atoms with Gasteiger partial charge in [0.05, 0.1) is 10.0 Å². The third-order valence-corrected chi connectivity index (χ3v) is 5.69. The van der Waals surface area contributed by atoms with Crippen LogP contribution >= 0.6 is 23.2 Å². The van der Waals surface area contributed by atoms with Crippen LogP contribution in [0.1, 0.15) is 11.1 Å². The van der Waals surface area contributed by atoms with Gasteiger partial charge in [-0.1, -0.05) is 29.0 Å². The number of benzene rings is 1. The molecular weight excluding hydrogens is 599 g/mol. The predicted octanol–water partition coefficient (Wildman–Crippen LogP) is 6.66. The van der Waals surface area contributed by atoms with Gasteiger partial charge < -0.3 is 5.11 Å². The highest BCUT2D eigenvalue weighted by atomic mass is 35.5. The van der Waals surface area contributed by atoms with Crippen molar-refractivity contribution in [3.63, 3.8) is 0 Å². The molecule has 0 heterocycles. The van der Waals surface area contributed by atoms with Crippen LogP contribution in [0.25, 0.3) is 5.76 Å². The maximum Gasteiger partial charge on any atom is 0.422 e. The number of halogens is 18. The van der Waals surface area contributed by atoms with E-state index in [0.717, 1.165) is 0 Å². The molecule has 204 valence electrons. The van der Waals surface area contributed by atoms with Crippen molar-refractivity contribution < 1.29 is 80.1 Å². The average Bonchev–Trinajstić information content (AvgIpc) is 2.69. The summed E-state index contributed by atoms with van der Waals surface area (Å²) in [6, 6.07) is 0. The van der Waals surface area contributed by atoms with Gasteiger partial charge in [-0.05, 0) is 6.08 Å². The number of carbonyl (C=O) groups excluding carboxylic acids is 1. The first-order chi connectivity index (χ1) is 15.7. The number of rotatable bonds is 3. The number of alkyl halides is 14. The molecule has 1 aromatic rings. The molecule has 0 unspecified atom stereocenters. The quantitative estimate of drug-likeness (QED) is 0.169. The predicted molar refractivity (Wildman–Crippen MR) is 82.6 cm³/mol. The van der Waals surface area contributed by atoms with E-state index in [-0.39, 0.29) is 0 Å². The van der Waals surface area contributed by atoms with E-state index in [4.69, 9.17) is 23.2 Å². The molecule has 0 amide bonds. The van der Waals surface area contributed by atoms with Crippen molar-refractivity contribution in [3.8, 4) is 0 Å². The summed E-state index contributed by atoms with van der Waals surface area (Å²) in [7, 11) is 0. The normalized spacial score (nSPS) is 22.6. The molecule has 1 saturated carbocycles. The van der Waals surface area contributed by atoms with E-state index in [2.05, 4.69) is 0 Å². The van der Waals surface area contributed by atoms with E-state index in [9.17, 15) is 80.1 Å². The number of ketones is 1. The molecule has 0 aromatic heterocycles. The Morgan fingerprint density at radius 3 is 1.33 bits per heavy atom. The number of hydrogen-bond acceptors (Lipinski definition) is 2. The van der Waals surface area contributed by atoms with Gasteiger partial charge in [-0.2, -0.15) is 61.5 Å². The van der Waals surface area contributed by atoms with Crippen molar-refractivity contribution in [3.05, 3.63) is 38.9 Å². The SMILES string of the molecule is O=C(/C=C(\[O-])c1c(Cl)c(F)c(C(F)(F)F)c(F)c1Cl)C1(C(F)(F)F)C(F)(F)C(F)(F)C(F)(F)C1(F)F. The molecule has 2 rings (SSSR count).